The zero-order valence-electron chi connectivity index (χ0n) is 21.1. The van der Waals surface area contributed by atoms with Gasteiger partial charge in [0.05, 0.1) is 12.6 Å². The first-order valence-electron chi connectivity index (χ1n) is 12.3. The van der Waals surface area contributed by atoms with E-state index in [1.165, 1.54) is 17.7 Å². The zero-order chi connectivity index (χ0) is 25.9. The van der Waals surface area contributed by atoms with E-state index in [2.05, 4.69) is 43.1 Å². The summed E-state index contributed by atoms with van der Waals surface area (Å²) in [5.41, 5.74) is 5.64. The van der Waals surface area contributed by atoms with Crippen LogP contribution in [0.15, 0.2) is 101 Å². The lowest BCUT2D eigenvalue weighted by molar-refractivity contribution is 0.0528. The number of nitrogens with zero attached hydrogens (tertiary/aromatic N) is 1. The van der Waals surface area contributed by atoms with Gasteiger partial charge >= 0.3 is 5.97 Å². The van der Waals surface area contributed by atoms with Crippen molar-refractivity contribution in [1.82, 2.24) is 0 Å². The van der Waals surface area contributed by atoms with Crippen LogP contribution in [0, 0.1) is 5.82 Å². The van der Waals surface area contributed by atoms with Crippen LogP contribution in [0.25, 0.3) is 33.4 Å². The molecule has 0 saturated heterocycles. The predicted octanol–water partition coefficient (Wildman–Crippen LogP) is 8.28. The molecule has 0 spiro atoms. The summed E-state index contributed by atoms with van der Waals surface area (Å²) in [4.78, 5) is 15.4. The number of ether oxygens (including phenoxy) is 1. The lowest BCUT2D eigenvalue weighted by atomic mass is 9.97. The van der Waals surface area contributed by atoms with Gasteiger partial charge in [-0.1, -0.05) is 60.7 Å². The van der Waals surface area contributed by atoms with Crippen molar-refractivity contribution in [3.63, 3.8) is 0 Å². The molecule has 5 rings (SSSR count). The standard InChI is InChI=1S/C32H28FNO3/c1-4-36-32(35)30-27-19-26(23-13-9-6-10-14-23)28(34(3)21(2)22-11-7-5-8-12-22)20-29(27)37-31(30)24-15-17-25(33)18-16-24/h5-21H,4H2,1-3H3. The van der Waals surface area contributed by atoms with Gasteiger partial charge in [-0.25, -0.2) is 9.18 Å². The molecular weight excluding hydrogens is 465 g/mol. The normalized spacial score (nSPS) is 11.9. The molecule has 4 aromatic carbocycles. The maximum atomic E-state index is 13.7. The van der Waals surface area contributed by atoms with Gasteiger partial charge in [0.2, 0.25) is 0 Å². The monoisotopic (exact) mass is 493 g/mol. The summed E-state index contributed by atoms with van der Waals surface area (Å²) in [7, 11) is 2.06. The first-order valence-corrected chi connectivity index (χ1v) is 12.3. The van der Waals surface area contributed by atoms with E-state index in [0.717, 1.165) is 16.8 Å². The summed E-state index contributed by atoms with van der Waals surface area (Å²) in [5.74, 6) is -0.468. The van der Waals surface area contributed by atoms with Crippen LogP contribution in [0.2, 0.25) is 0 Å². The van der Waals surface area contributed by atoms with Crippen LogP contribution >= 0.6 is 0 Å². The molecule has 0 saturated carbocycles. The van der Waals surface area contributed by atoms with Crippen molar-refractivity contribution in [2.24, 2.45) is 0 Å². The van der Waals surface area contributed by atoms with E-state index in [9.17, 15) is 9.18 Å². The molecular formula is C32H28FNO3. The molecule has 5 aromatic rings. The van der Waals surface area contributed by atoms with Gasteiger partial charge in [-0.3, -0.25) is 0 Å². The van der Waals surface area contributed by atoms with Crippen molar-refractivity contribution in [3.05, 3.63) is 114 Å². The molecule has 1 heterocycles. The maximum absolute atomic E-state index is 13.7. The summed E-state index contributed by atoms with van der Waals surface area (Å²) in [5, 5.41) is 0.654. The van der Waals surface area contributed by atoms with Crippen molar-refractivity contribution in [1.29, 1.82) is 0 Å². The van der Waals surface area contributed by atoms with E-state index in [0.29, 0.717) is 27.9 Å². The number of rotatable bonds is 7. The Kier molecular flexibility index (Phi) is 6.78. The molecule has 0 aliphatic heterocycles. The number of halogens is 1. The first-order chi connectivity index (χ1) is 18.0. The van der Waals surface area contributed by atoms with Crippen molar-refractivity contribution < 1.29 is 18.3 Å². The zero-order valence-corrected chi connectivity index (χ0v) is 21.1. The fourth-order valence-corrected chi connectivity index (χ4v) is 4.65. The predicted molar refractivity (Wildman–Crippen MR) is 146 cm³/mol. The highest BCUT2D eigenvalue weighted by molar-refractivity contribution is 6.11. The number of fused-ring (bicyclic) bond motifs is 1. The van der Waals surface area contributed by atoms with Gasteiger partial charge in [0, 0.05) is 35.3 Å². The second kappa shape index (κ2) is 10.3. The molecule has 1 aromatic heterocycles. The van der Waals surface area contributed by atoms with Crippen LogP contribution in [0.5, 0.6) is 0 Å². The van der Waals surface area contributed by atoms with Crippen LogP contribution in [-0.4, -0.2) is 19.6 Å². The maximum Gasteiger partial charge on any atom is 0.342 e. The van der Waals surface area contributed by atoms with Crippen molar-refractivity contribution in [3.8, 4) is 22.5 Å². The lowest BCUT2D eigenvalue weighted by Crippen LogP contribution is -2.22. The minimum Gasteiger partial charge on any atom is -0.462 e. The number of hydrogen-bond donors (Lipinski definition) is 0. The van der Waals surface area contributed by atoms with Crippen molar-refractivity contribution in [2.45, 2.75) is 19.9 Å². The van der Waals surface area contributed by atoms with Crippen molar-refractivity contribution >= 4 is 22.6 Å². The minimum atomic E-state index is -0.474. The minimum absolute atomic E-state index is 0.0807. The molecule has 37 heavy (non-hydrogen) atoms. The number of furan rings is 1. The van der Waals surface area contributed by atoms with Gasteiger partial charge < -0.3 is 14.1 Å². The highest BCUT2D eigenvalue weighted by Crippen LogP contribution is 2.42. The van der Waals surface area contributed by atoms with Crippen LogP contribution in [0.4, 0.5) is 10.1 Å². The number of anilines is 1. The Morgan fingerprint density at radius 3 is 2.22 bits per heavy atom. The smallest absolute Gasteiger partial charge is 0.342 e. The van der Waals surface area contributed by atoms with E-state index >= 15 is 0 Å². The molecule has 0 aliphatic carbocycles. The second-order valence-electron chi connectivity index (χ2n) is 8.96. The molecule has 0 N–H and O–H groups in total. The Morgan fingerprint density at radius 1 is 0.919 bits per heavy atom. The summed E-state index contributed by atoms with van der Waals surface area (Å²) < 4.78 is 25.4. The molecule has 1 unspecified atom stereocenters. The quantitative estimate of drug-likeness (QED) is 0.214. The fourth-order valence-electron chi connectivity index (χ4n) is 4.65. The number of hydrogen-bond acceptors (Lipinski definition) is 4. The largest absolute Gasteiger partial charge is 0.462 e. The molecule has 5 heteroatoms. The molecule has 0 aliphatic rings. The highest BCUT2D eigenvalue weighted by Gasteiger charge is 2.26. The SMILES string of the molecule is CCOC(=O)c1c(-c2ccc(F)cc2)oc2cc(N(C)C(C)c3ccccc3)c(-c3ccccc3)cc12. The van der Waals surface area contributed by atoms with Crippen LogP contribution in [-0.2, 0) is 4.74 Å². The number of esters is 1. The number of carbonyl (C=O) groups is 1. The second-order valence-corrected chi connectivity index (χ2v) is 8.96. The Labute approximate surface area is 215 Å². The molecule has 0 amide bonds. The summed E-state index contributed by atoms with van der Waals surface area (Å²) in [6, 6.07) is 30.4. The number of benzene rings is 4. The average molecular weight is 494 g/mol. The van der Waals surface area contributed by atoms with Gasteiger partial charge in [-0.15, -0.1) is 0 Å². The third kappa shape index (κ3) is 4.73. The molecule has 186 valence electrons. The fraction of sp³-hybridized carbons (Fsp3) is 0.156. The van der Waals surface area contributed by atoms with Crippen molar-refractivity contribution in [2.75, 3.05) is 18.6 Å². The molecule has 4 nitrogen and oxygen atoms in total. The Morgan fingerprint density at radius 2 is 1.57 bits per heavy atom. The molecule has 0 radical (unpaired) electrons. The van der Waals surface area contributed by atoms with Crippen LogP contribution in [0.1, 0.15) is 35.8 Å². The van der Waals surface area contributed by atoms with E-state index in [4.69, 9.17) is 9.15 Å². The highest BCUT2D eigenvalue weighted by atomic mass is 19.1. The van der Waals surface area contributed by atoms with Gasteiger partial charge in [0.1, 0.15) is 22.7 Å². The third-order valence-electron chi connectivity index (χ3n) is 6.72. The molecule has 1 atom stereocenters. The number of carbonyl (C=O) groups excluding carboxylic acids is 1. The lowest BCUT2D eigenvalue weighted by Gasteiger charge is -2.29. The van der Waals surface area contributed by atoms with Gasteiger partial charge in [-0.05, 0) is 55.3 Å². The summed E-state index contributed by atoms with van der Waals surface area (Å²) >= 11 is 0. The van der Waals surface area contributed by atoms with E-state index in [1.54, 1.807) is 19.1 Å². The average Bonchev–Trinajstić information content (AvgIpc) is 3.31. The topological polar surface area (TPSA) is 42.7 Å². The summed E-state index contributed by atoms with van der Waals surface area (Å²) in [6.45, 7) is 4.16. The van der Waals surface area contributed by atoms with E-state index in [1.807, 2.05) is 48.5 Å². The Balaban J connectivity index is 1.75. The molecule has 0 bridgehead atoms. The van der Waals surface area contributed by atoms with Gasteiger partial charge in [0.15, 0.2) is 0 Å². The Hall–Kier alpha value is -4.38. The van der Waals surface area contributed by atoms with Gasteiger partial charge in [-0.2, -0.15) is 0 Å². The van der Waals surface area contributed by atoms with E-state index in [-0.39, 0.29) is 18.5 Å². The third-order valence-corrected chi connectivity index (χ3v) is 6.72. The van der Waals surface area contributed by atoms with Crippen LogP contribution in [0.3, 0.4) is 0 Å². The van der Waals surface area contributed by atoms with Crippen LogP contribution < -0.4 is 4.90 Å². The van der Waals surface area contributed by atoms with E-state index < -0.39 is 5.97 Å². The summed E-state index contributed by atoms with van der Waals surface area (Å²) in [6.07, 6.45) is 0. The van der Waals surface area contributed by atoms with Gasteiger partial charge in [0.25, 0.3) is 0 Å². The molecule has 0 fully saturated rings. The first kappa shape index (κ1) is 24.3. The Bertz CT molecular complexity index is 1530.